The average molecular weight is 484 g/mol. The van der Waals surface area contributed by atoms with Crippen LogP contribution in [0.4, 0.5) is 13.2 Å². The Labute approximate surface area is 195 Å². The van der Waals surface area contributed by atoms with E-state index in [-0.39, 0.29) is 27.9 Å². The first kappa shape index (κ1) is 23.1. The van der Waals surface area contributed by atoms with Crippen molar-refractivity contribution in [2.75, 3.05) is 0 Å². The monoisotopic (exact) mass is 484 g/mol. The first-order chi connectivity index (χ1) is 16.2. The Hall–Kier alpha value is -4.11. The third kappa shape index (κ3) is 4.51. The second-order valence-electron chi connectivity index (χ2n) is 6.99. The lowest BCUT2D eigenvalue weighted by molar-refractivity contribution is -0.138. The quantitative estimate of drug-likeness (QED) is 0.142. The van der Waals surface area contributed by atoms with Crippen LogP contribution in [-0.4, -0.2) is 16.9 Å². The molecule has 1 heterocycles. The van der Waals surface area contributed by atoms with Gasteiger partial charge < -0.3 is 14.6 Å². The summed E-state index contributed by atoms with van der Waals surface area (Å²) in [5.74, 6) is -1.67. The van der Waals surface area contributed by atoms with E-state index in [9.17, 15) is 27.9 Å². The molecule has 0 unspecified atom stereocenters. The minimum atomic E-state index is -4.74. The molecule has 0 saturated carbocycles. The molecule has 0 aliphatic heterocycles. The van der Waals surface area contributed by atoms with E-state index in [4.69, 9.17) is 9.47 Å². The summed E-state index contributed by atoms with van der Waals surface area (Å²) < 4.78 is 52.3. The lowest BCUT2D eigenvalue weighted by Crippen LogP contribution is -2.13. The first-order valence-electron chi connectivity index (χ1n) is 9.76. The lowest BCUT2D eigenvalue weighted by Gasteiger charge is -2.13. The summed E-state index contributed by atoms with van der Waals surface area (Å²) in [7, 11) is 0. The number of alkyl halides is 3. The zero-order valence-electron chi connectivity index (χ0n) is 17.3. The summed E-state index contributed by atoms with van der Waals surface area (Å²) in [5.41, 5.74) is -1.62. The molecule has 0 aliphatic rings. The molecule has 0 amide bonds. The van der Waals surface area contributed by atoms with Crippen molar-refractivity contribution in [2.24, 2.45) is 0 Å². The van der Waals surface area contributed by atoms with Crippen LogP contribution >= 0.6 is 11.3 Å². The van der Waals surface area contributed by atoms with Crippen molar-refractivity contribution in [1.82, 2.24) is 0 Å². The molecule has 0 saturated heterocycles. The summed E-state index contributed by atoms with van der Waals surface area (Å²) in [5, 5.41) is 10.3. The molecule has 4 aromatic rings. The highest BCUT2D eigenvalue weighted by Crippen LogP contribution is 2.45. The number of thiophene rings is 1. The normalized spacial score (nSPS) is 11.3. The largest absolute Gasteiger partial charge is 0.508 e. The number of rotatable bonds is 6. The topological polar surface area (TPSA) is 72.8 Å². The molecule has 1 N–H and O–H groups in total. The summed E-state index contributed by atoms with van der Waals surface area (Å²) in [6, 6.07) is 14.8. The third-order valence-corrected chi connectivity index (χ3v) is 5.88. The Morgan fingerprint density at radius 1 is 0.971 bits per heavy atom. The van der Waals surface area contributed by atoms with Crippen LogP contribution in [0.5, 0.6) is 23.0 Å². The number of benzene rings is 3. The maximum absolute atomic E-state index is 13.6. The van der Waals surface area contributed by atoms with Crippen LogP contribution in [0.15, 0.2) is 79.4 Å². The first-order valence-corrected chi connectivity index (χ1v) is 10.6. The van der Waals surface area contributed by atoms with E-state index in [0.717, 1.165) is 29.5 Å². The number of ketones is 1. The summed E-state index contributed by atoms with van der Waals surface area (Å²) in [4.78, 5) is 24.9. The minimum Gasteiger partial charge on any atom is -0.508 e. The van der Waals surface area contributed by atoms with Crippen LogP contribution in [0.2, 0.25) is 0 Å². The Kier molecular flexibility index (Phi) is 6.12. The van der Waals surface area contributed by atoms with Gasteiger partial charge in [0.05, 0.1) is 5.56 Å². The van der Waals surface area contributed by atoms with E-state index >= 15 is 0 Å². The molecule has 0 radical (unpaired) electrons. The fourth-order valence-electron chi connectivity index (χ4n) is 3.24. The van der Waals surface area contributed by atoms with E-state index in [1.807, 2.05) is 0 Å². The number of phenolic OH excluding ortho intramolecular Hbond substituents is 1. The second-order valence-corrected chi connectivity index (χ2v) is 8.04. The predicted octanol–water partition coefficient (Wildman–Crippen LogP) is 6.74. The van der Waals surface area contributed by atoms with E-state index in [1.165, 1.54) is 42.5 Å². The number of carbonyl (C=O) groups is 2. The fraction of sp³-hybridized carbons (Fsp3) is 0.0400. The fourth-order valence-corrected chi connectivity index (χ4v) is 4.36. The zero-order chi connectivity index (χ0) is 24.5. The van der Waals surface area contributed by atoms with Gasteiger partial charge in [-0.05, 0) is 36.4 Å². The van der Waals surface area contributed by atoms with Crippen LogP contribution in [0, 0.1) is 0 Å². The van der Waals surface area contributed by atoms with Crippen molar-refractivity contribution in [3.8, 4) is 23.0 Å². The molecule has 1 aromatic heterocycles. The highest BCUT2D eigenvalue weighted by Gasteiger charge is 2.36. The number of hydrogen-bond donors (Lipinski definition) is 1. The standard InChI is InChI=1S/C25H15F3O5S/c1-2-21(30)32-18-9-5-6-10-19(18)33-23-16-12-11-14(29)13-20(16)34-24(23)22(31)15-7-3-4-8-17(15)25(26,27)28/h2-13,29H,1H2. The van der Waals surface area contributed by atoms with Crippen molar-refractivity contribution >= 4 is 33.2 Å². The molecule has 0 atom stereocenters. The van der Waals surface area contributed by atoms with Crippen LogP contribution < -0.4 is 9.47 Å². The van der Waals surface area contributed by atoms with E-state index < -0.39 is 29.1 Å². The van der Waals surface area contributed by atoms with Crippen LogP contribution in [0.3, 0.4) is 0 Å². The molecule has 4 rings (SSSR count). The highest BCUT2D eigenvalue weighted by atomic mass is 32.1. The van der Waals surface area contributed by atoms with Gasteiger partial charge in [-0.3, -0.25) is 4.79 Å². The number of hydrogen-bond acceptors (Lipinski definition) is 6. The van der Waals surface area contributed by atoms with Gasteiger partial charge in [0.1, 0.15) is 10.6 Å². The maximum atomic E-state index is 13.6. The predicted molar refractivity (Wildman–Crippen MR) is 121 cm³/mol. The molecule has 0 bridgehead atoms. The number of halogens is 3. The van der Waals surface area contributed by atoms with Crippen molar-refractivity contribution in [1.29, 1.82) is 0 Å². The number of esters is 1. The molecule has 34 heavy (non-hydrogen) atoms. The third-order valence-electron chi connectivity index (χ3n) is 4.75. The molecule has 5 nitrogen and oxygen atoms in total. The maximum Gasteiger partial charge on any atom is 0.417 e. The molecule has 3 aromatic carbocycles. The molecule has 0 aliphatic carbocycles. The number of ether oxygens (including phenoxy) is 2. The molecular formula is C25H15F3O5S. The molecule has 0 spiro atoms. The van der Waals surface area contributed by atoms with Crippen LogP contribution in [-0.2, 0) is 11.0 Å². The van der Waals surface area contributed by atoms with E-state index in [0.29, 0.717) is 10.1 Å². The summed E-state index contributed by atoms with van der Waals surface area (Å²) in [6.45, 7) is 3.34. The Morgan fingerprint density at radius 3 is 2.35 bits per heavy atom. The highest BCUT2D eigenvalue weighted by molar-refractivity contribution is 7.21. The van der Waals surface area contributed by atoms with Gasteiger partial charge in [-0.25, -0.2) is 4.79 Å². The minimum absolute atomic E-state index is 0.0240. The van der Waals surface area contributed by atoms with Crippen molar-refractivity contribution in [2.45, 2.75) is 6.18 Å². The molecule has 0 fully saturated rings. The smallest absolute Gasteiger partial charge is 0.417 e. The lowest BCUT2D eigenvalue weighted by atomic mass is 10.0. The van der Waals surface area contributed by atoms with Crippen molar-refractivity contribution < 1.29 is 37.3 Å². The van der Waals surface area contributed by atoms with Gasteiger partial charge >= 0.3 is 12.1 Å². The van der Waals surface area contributed by atoms with Gasteiger partial charge in [0, 0.05) is 21.7 Å². The van der Waals surface area contributed by atoms with Gasteiger partial charge in [-0.1, -0.05) is 36.9 Å². The van der Waals surface area contributed by atoms with Gasteiger partial charge in [0.2, 0.25) is 5.78 Å². The van der Waals surface area contributed by atoms with Crippen molar-refractivity contribution in [3.05, 3.63) is 95.4 Å². The Bertz CT molecular complexity index is 1420. The van der Waals surface area contributed by atoms with Crippen LogP contribution in [0.25, 0.3) is 10.1 Å². The SMILES string of the molecule is C=CC(=O)Oc1ccccc1Oc1c(C(=O)c2ccccc2C(F)(F)F)sc2cc(O)ccc12. The summed E-state index contributed by atoms with van der Waals surface area (Å²) >= 11 is 0.878. The van der Waals surface area contributed by atoms with Gasteiger partial charge in [-0.15, -0.1) is 11.3 Å². The Morgan fingerprint density at radius 2 is 1.65 bits per heavy atom. The zero-order valence-corrected chi connectivity index (χ0v) is 18.1. The number of para-hydroxylation sites is 2. The molecule has 9 heteroatoms. The number of aromatic hydroxyl groups is 1. The Balaban J connectivity index is 1.88. The van der Waals surface area contributed by atoms with Crippen molar-refractivity contribution in [3.63, 3.8) is 0 Å². The van der Waals surface area contributed by atoms with E-state index in [1.54, 1.807) is 12.1 Å². The average Bonchev–Trinajstić information content (AvgIpc) is 3.16. The molecule has 172 valence electrons. The molecular weight excluding hydrogens is 469 g/mol. The van der Waals surface area contributed by atoms with Gasteiger partial charge in [0.25, 0.3) is 0 Å². The number of fused-ring (bicyclic) bond motifs is 1. The second kappa shape index (κ2) is 9.03. The van der Waals surface area contributed by atoms with Crippen LogP contribution in [0.1, 0.15) is 20.8 Å². The van der Waals surface area contributed by atoms with Gasteiger partial charge in [-0.2, -0.15) is 13.2 Å². The van der Waals surface area contributed by atoms with E-state index in [2.05, 4.69) is 6.58 Å². The number of carbonyl (C=O) groups excluding carboxylic acids is 2. The van der Waals surface area contributed by atoms with Gasteiger partial charge in [0.15, 0.2) is 17.2 Å². The number of phenols is 1. The summed E-state index contributed by atoms with van der Waals surface area (Å²) in [6.07, 6.45) is -3.78.